The van der Waals surface area contributed by atoms with Crippen molar-refractivity contribution in [3.8, 4) is 11.3 Å². The molecule has 0 unspecified atom stereocenters. The van der Waals surface area contributed by atoms with Crippen molar-refractivity contribution in [1.29, 1.82) is 0 Å². The molecule has 0 aliphatic carbocycles. The third-order valence-corrected chi connectivity index (χ3v) is 4.96. The number of halogens is 1. The molecule has 0 saturated heterocycles. The highest BCUT2D eigenvalue weighted by Crippen LogP contribution is 2.26. The van der Waals surface area contributed by atoms with E-state index in [2.05, 4.69) is 20.5 Å². The molecule has 0 aliphatic rings. The fourth-order valence-electron chi connectivity index (χ4n) is 2.51. The molecule has 2 heterocycles. The number of rotatable bonds is 7. The van der Waals surface area contributed by atoms with E-state index in [0.717, 1.165) is 11.4 Å². The molecular formula is C20H17ClN4O4S. The second-order valence-corrected chi connectivity index (χ2v) is 7.57. The number of hydrazone groups is 1. The number of aromatic nitrogens is 2. The average molecular weight is 445 g/mol. The van der Waals surface area contributed by atoms with Gasteiger partial charge >= 0.3 is 5.97 Å². The molecule has 2 N–H and O–H groups in total. The van der Waals surface area contributed by atoms with Crippen LogP contribution in [-0.4, -0.2) is 38.9 Å². The van der Waals surface area contributed by atoms with Crippen LogP contribution in [0.2, 0.25) is 5.02 Å². The van der Waals surface area contributed by atoms with Gasteiger partial charge in [0.15, 0.2) is 5.16 Å². The van der Waals surface area contributed by atoms with Gasteiger partial charge in [-0.2, -0.15) is 5.10 Å². The number of hydrogen-bond donors (Lipinski definition) is 2. The summed E-state index contributed by atoms with van der Waals surface area (Å²) in [5, 5.41) is 13.7. The Morgan fingerprint density at radius 3 is 2.63 bits per heavy atom. The van der Waals surface area contributed by atoms with Gasteiger partial charge in [0.05, 0.1) is 22.6 Å². The molecule has 0 atom stereocenters. The van der Waals surface area contributed by atoms with Crippen LogP contribution in [0.4, 0.5) is 0 Å². The smallest absolute Gasteiger partial charge is 0.337 e. The number of furan rings is 1. The van der Waals surface area contributed by atoms with Crippen LogP contribution in [0, 0.1) is 13.8 Å². The minimum absolute atomic E-state index is 0.0154. The van der Waals surface area contributed by atoms with E-state index < -0.39 is 5.97 Å². The van der Waals surface area contributed by atoms with Crippen LogP contribution < -0.4 is 5.43 Å². The SMILES string of the molecule is Cc1cc(C)nc(SCC(=O)N/N=C/c2ccc(-c3ccc(Cl)c(C(=O)O)c3)o2)n1. The van der Waals surface area contributed by atoms with Crippen LogP contribution in [0.5, 0.6) is 0 Å². The topological polar surface area (TPSA) is 118 Å². The molecule has 154 valence electrons. The lowest BCUT2D eigenvalue weighted by molar-refractivity contribution is -0.118. The lowest BCUT2D eigenvalue weighted by atomic mass is 10.1. The Morgan fingerprint density at radius 2 is 1.93 bits per heavy atom. The largest absolute Gasteiger partial charge is 0.478 e. The van der Waals surface area contributed by atoms with Gasteiger partial charge in [-0.05, 0) is 50.2 Å². The summed E-state index contributed by atoms with van der Waals surface area (Å²) >= 11 is 7.10. The number of carbonyl (C=O) groups is 2. The highest BCUT2D eigenvalue weighted by atomic mass is 35.5. The molecule has 30 heavy (non-hydrogen) atoms. The summed E-state index contributed by atoms with van der Waals surface area (Å²) in [5.41, 5.74) is 4.64. The summed E-state index contributed by atoms with van der Waals surface area (Å²) in [5.74, 6) is -0.477. The number of benzene rings is 1. The van der Waals surface area contributed by atoms with Crippen LogP contribution >= 0.6 is 23.4 Å². The number of aryl methyl sites for hydroxylation is 2. The zero-order valence-electron chi connectivity index (χ0n) is 16.0. The summed E-state index contributed by atoms with van der Waals surface area (Å²) in [7, 11) is 0. The minimum atomic E-state index is -1.12. The maximum Gasteiger partial charge on any atom is 0.337 e. The van der Waals surface area contributed by atoms with Crippen LogP contribution in [0.1, 0.15) is 27.5 Å². The molecule has 2 aromatic heterocycles. The Balaban J connectivity index is 1.57. The van der Waals surface area contributed by atoms with Gasteiger partial charge in [-0.3, -0.25) is 4.79 Å². The standard InChI is InChI=1S/C20H17ClN4O4S/c1-11-7-12(2)24-20(23-11)30-10-18(26)25-22-9-14-4-6-17(29-14)13-3-5-16(21)15(8-13)19(27)28/h3-9H,10H2,1-2H3,(H,25,26)(H,27,28)/b22-9+. The van der Waals surface area contributed by atoms with Crippen molar-refractivity contribution in [2.75, 3.05) is 5.75 Å². The van der Waals surface area contributed by atoms with Gasteiger partial charge in [0.1, 0.15) is 11.5 Å². The summed E-state index contributed by atoms with van der Waals surface area (Å²) < 4.78 is 5.62. The van der Waals surface area contributed by atoms with E-state index in [9.17, 15) is 9.59 Å². The van der Waals surface area contributed by atoms with E-state index in [4.69, 9.17) is 21.1 Å². The highest BCUT2D eigenvalue weighted by Gasteiger charge is 2.12. The Morgan fingerprint density at radius 1 is 1.20 bits per heavy atom. The molecule has 1 aromatic carbocycles. The molecule has 3 aromatic rings. The summed E-state index contributed by atoms with van der Waals surface area (Å²) in [6, 6.07) is 9.76. The van der Waals surface area contributed by atoms with Gasteiger partial charge in [-0.25, -0.2) is 20.2 Å². The molecule has 0 saturated carbocycles. The molecule has 8 nitrogen and oxygen atoms in total. The summed E-state index contributed by atoms with van der Waals surface area (Å²) in [4.78, 5) is 31.7. The first-order chi connectivity index (χ1) is 14.3. The second-order valence-electron chi connectivity index (χ2n) is 6.22. The molecular weight excluding hydrogens is 428 g/mol. The zero-order chi connectivity index (χ0) is 21.7. The fraction of sp³-hybridized carbons (Fsp3) is 0.150. The normalized spacial score (nSPS) is 11.0. The van der Waals surface area contributed by atoms with Crippen molar-refractivity contribution >= 4 is 41.5 Å². The lowest BCUT2D eigenvalue weighted by Gasteiger charge is -2.02. The Kier molecular flexibility index (Phi) is 6.86. The quantitative estimate of drug-likeness (QED) is 0.245. The predicted molar refractivity (Wildman–Crippen MR) is 114 cm³/mol. The number of amides is 1. The zero-order valence-corrected chi connectivity index (χ0v) is 17.6. The second kappa shape index (κ2) is 9.55. The minimum Gasteiger partial charge on any atom is -0.478 e. The van der Waals surface area contributed by atoms with E-state index >= 15 is 0 Å². The predicted octanol–water partition coefficient (Wildman–Crippen LogP) is 3.95. The van der Waals surface area contributed by atoms with Crippen molar-refractivity contribution in [3.05, 3.63) is 64.1 Å². The van der Waals surface area contributed by atoms with Crippen molar-refractivity contribution in [1.82, 2.24) is 15.4 Å². The number of hydrogen-bond acceptors (Lipinski definition) is 7. The third-order valence-electron chi connectivity index (χ3n) is 3.78. The first kappa shape index (κ1) is 21.5. The van der Waals surface area contributed by atoms with Gasteiger partial charge in [0.2, 0.25) is 0 Å². The lowest BCUT2D eigenvalue weighted by Crippen LogP contribution is -2.19. The van der Waals surface area contributed by atoms with E-state index in [0.29, 0.717) is 22.2 Å². The number of thioether (sulfide) groups is 1. The summed E-state index contributed by atoms with van der Waals surface area (Å²) in [6.07, 6.45) is 1.35. The number of aromatic carboxylic acids is 1. The molecule has 0 spiro atoms. The highest BCUT2D eigenvalue weighted by molar-refractivity contribution is 7.99. The van der Waals surface area contributed by atoms with Crippen molar-refractivity contribution in [2.45, 2.75) is 19.0 Å². The van der Waals surface area contributed by atoms with Gasteiger partial charge in [0, 0.05) is 17.0 Å². The van der Waals surface area contributed by atoms with Crippen LogP contribution in [0.3, 0.4) is 0 Å². The molecule has 10 heteroatoms. The monoisotopic (exact) mass is 444 g/mol. The van der Waals surface area contributed by atoms with Crippen molar-refractivity contribution < 1.29 is 19.1 Å². The maximum absolute atomic E-state index is 11.9. The van der Waals surface area contributed by atoms with Gasteiger partial charge < -0.3 is 9.52 Å². The fourth-order valence-corrected chi connectivity index (χ4v) is 3.45. The maximum atomic E-state index is 11.9. The summed E-state index contributed by atoms with van der Waals surface area (Å²) in [6.45, 7) is 3.74. The molecule has 0 fully saturated rings. The first-order valence-corrected chi connectivity index (χ1v) is 10.1. The van der Waals surface area contributed by atoms with E-state index in [1.807, 2.05) is 19.9 Å². The number of carboxylic acid groups (broad SMARTS) is 1. The van der Waals surface area contributed by atoms with Gasteiger partial charge in [-0.1, -0.05) is 23.4 Å². The molecule has 0 radical (unpaired) electrons. The Hall–Kier alpha value is -3.17. The average Bonchev–Trinajstić information content (AvgIpc) is 3.14. The van der Waals surface area contributed by atoms with Crippen LogP contribution in [0.15, 0.2) is 51.1 Å². The molecule has 3 rings (SSSR count). The van der Waals surface area contributed by atoms with Gasteiger partial charge in [0.25, 0.3) is 5.91 Å². The van der Waals surface area contributed by atoms with Crippen LogP contribution in [-0.2, 0) is 4.79 Å². The number of carbonyl (C=O) groups excluding carboxylic acids is 1. The number of nitrogens with one attached hydrogen (secondary N) is 1. The van der Waals surface area contributed by atoms with E-state index in [-0.39, 0.29) is 22.2 Å². The number of carboxylic acids is 1. The molecule has 1 amide bonds. The Bertz CT molecular complexity index is 1110. The van der Waals surface area contributed by atoms with Crippen LogP contribution in [0.25, 0.3) is 11.3 Å². The van der Waals surface area contributed by atoms with E-state index in [1.165, 1.54) is 30.1 Å². The third kappa shape index (κ3) is 5.68. The molecule has 0 aliphatic heterocycles. The van der Waals surface area contributed by atoms with E-state index in [1.54, 1.807) is 18.2 Å². The van der Waals surface area contributed by atoms with Gasteiger partial charge in [-0.15, -0.1) is 0 Å². The van der Waals surface area contributed by atoms with Crippen molar-refractivity contribution in [2.24, 2.45) is 5.10 Å². The Labute approximate surface area is 181 Å². The van der Waals surface area contributed by atoms with Crippen molar-refractivity contribution in [3.63, 3.8) is 0 Å². The molecule has 0 bridgehead atoms. The first-order valence-electron chi connectivity index (χ1n) is 8.72. The number of nitrogens with zero attached hydrogens (tertiary/aromatic N) is 3.